The lowest BCUT2D eigenvalue weighted by atomic mass is 9.81. The van der Waals surface area contributed by atoms with Gasteiger partial charge in [0, 0.05) is 12.8 Å². The van der Waals surface area contributed by atoms with Crippen molar-refractivity contribution in [2.45, 2.75) is 75.9 Å². The zero-order chi connectivity index (χ0) is 32.2. The van der Waals surface area contributed by atoms with Crippen LogP contribution in [0.2, 0.25) is 0 Å². The monoisotopic (exact) mass is 639 g/mol. The molecule has 0 saturated heterocycles. The summed E-state index contributed by atoms with van der Waals surface area (Å²) in [6.45, 7) is -1.45. The van der Waals surface area contributed by atoms with E-state index in [1.54, 1.807) is 18.2 Å². The highest BCUT2D eigenvalue weighted by molar-refractivity contribution is 5.92. The summed E-state index contributed by atoms with van der Waals surface area (Å²) in [6.07, 6.45) is -9.96. The van der Waals surface area contributed by atoms with Gasteiger partial charge in [0.2, 0.25) is 12.1 Å². The zero-order valence-corrected chi connectivity index (χ0v) is 23.2. The third-order valence-corrected chi connectivity index (χ3v) is 7.33. The predicted molar refractivity (Wildman–Crippen MR) is 138 cm³/mol. The first-order valence-corrected chi connectivity index (χ1v) is 13.6. The Morgan fingerprint density at radius 3 is 2.55 bits per heavy atom. The van der Waals surface area contributed by atoms with Crippen molar-refractivity contribution < 1.29 is 49.4 Å². The molecule has 44 heavy (non-hydrogen) atoms. The van der Waals surface area contributed by atoms with Crippen LogP contribution in [-0.2, 0) is 16.1 Å². The molecule has 1 aliphatic rings. The lowest BCUT2D eigenvalue weighted by molar-refractivity contribution is -0.325. The SMILES string of the molecule is C[C@@H](NC(=O)C(F)C(F)CF)c1ccc2nc([C@@H](NC(=O)c3cnnn3CCOC(F)(F)F)C3CCC(F)(F)CC3)[nH]c2c1. The number of H-pyrrole nitrogens is 1. The summed E-state index contributed by atoms with van der Waals surface area (Å²) in [5.74, 6) is -5.30. The topological polar surface area (TPSA) is 127 Å². The Balaban J connectivity index is 1.56. The molecule has 2 unspecified atom stereocenters. The summed E-state index contributed by atoms with van der Waals surface area (Å²) in [4.78, 5) is 32.7. The largest absolute Gasteiger partial charge is 0.522 e. The van der Waals surface area contributed by atoms with Crippen LogP contribution in [0, 0.1) is 5.92 Å². The number of amides is 2. The van der Waals surface area contributed by atoms with Crippen LogP contribution in [0.15, 0.2) is 24.4 Å². The van der Waals surface area contributed by atoms with E-state index in [9.17, 15) is 44.7 Å². The number of ether oxygens (including phenoxy) is 1. The summed E-state index contributed by atoms with van der Waals surface area (Å²) >= 11 is 0. The Morgan fingerprint density at radius 2 is 1.89 bits per heavy atom. The maximum absolute atomic E-state index is 14.0. The maximum Gasteiger partial charge on any atom is 0.522 e. The van der Waals surface area contributed by atoms with Crippen LogP contribution in [0.25, 0.3) is 11.0 Å². The van der Waals surface area contributed by atoms with Gasteiger partial charge in [0.15, 0.2) is 6.17 Å². The highest BCUT2D eigenvalue weighted by Crippen LogP contribution is 2.41. The van der Waals surface area contributed by atoms with Crippen LogP contribution in [0.4, 0.5) is 35.1 Å². The number of carbonyl (C=O) groups excluding carboxylic acids is 2. The van der Waals surface area contributed by atoms with Crippen molar-refractivity contribution in [2.24, 2.45) is 5.92 Å². The second kappa shape index (κ2) is 13.4. The molecule has 18 heteroatoms. The molecule has 3 N–H and O–H groups in total. The molecule has 4 atom stereocenters. The van der Waals surface area contributed by atoms with E-state index in [0.29, 0.717) is 16.6 Å². The van der Waals surface area contributed by atoms with E-state index in [1.807, 2.05) is 0 Å². The number of carbonyl (C=O) groups is 2. The fourth-order valence-corrected chi connectivity index (χ4v) is 4.95. The minimum absolute atomic E-state index is 0.0269. The van der Waals surface area contributed by atoms with Gasteiger partial charge in [-0.2, -0.15) is 0 Å². The molecule has 2 heterocycles. The number of benzene rings is 1. The minimum Gasteiger partial charge on any atom is -0.347 e. The molecule has 1 saturated carbocycles. The van der Waals surface area contributed by atoms with Gasteiger partial charge in [0.1, 0.15) is 18.2 Å². The standard InChI is InChI=1S/C26H29F8N7O3/c1-13(36-24(43)20(29)16(28)11-27)15-2-3-17-18(10-15)38-22(37-17)21(14-4-6-25(30,31)7-5-14)39-23(42)19-12-35-40-41(19)8-9-44-26(32,33)34/h2-3,10,12-14,16,20-21H,4-9,11H2,1H3,(H,36,43)(H,37,38)(H,39,42)/t13-,16?,20?,21+/m1/s1. The van der Waals surface area contributed by atoms with Crippen molar-refractivity contribution in [1.82, 2.24) is 35.6 Å². The molecule has 0 spiro atoms. The number of rotatable bonds is 12. The summed E-state index contributed by atoms with van der Waals surface area (Å²) in [5.41, 5.74) is 1.04. The van der Waals surface area contributed by atoms with Crippen LogP contribution in [-0.4, -0.2) is 74.7 Å². The molecule has 0 aliphatic heterocycles. The van der Waals surface area contributed by atoms with Gasteiger partial charge in [-0.15, -0.1) is 18.3 Å². The van der Waals surface area contributed by atoms with Crippen LogP contribution in [0.3, 0.4) is 0 Å². The second-order valence-corrected chi connectivity index (χ2v) is 10.5. The van der Waals surface area contributed by atoms with E-state index in [1.165, 1.54) is 6.92 Å². The average Bonchev–Trinajstić information content (AvgIpc) is 3.61. The van der Waals surface area contributed by atoms with Gasteiger partial charge in [-0.25, -0.2) is 31.6 Å². The van der Waals surface area contributed by atoms with Crippen molar-refractivity contribution in [3.8, 4) is 0 Å². The minimum atomic E-state index is -4.88. The third-order valence-electron chi connectivity index (χ3n) is 7.33. The normalized spacial score (nSPS) is 18.5. The van der Waals surface area contributed by atoms with Crippen molar-refractivity contribution >= 4 is 22.8 Å². The van der Waals surface area contributed by atoms with E-state index in [2.05, 4.69) is 35.7 Å². The number of halogens is 8. The van der Waals surface area contributed by atoms with Crippen molar-refractivity contribution in [2.75, 3.05) is 13.3 Å². The van der Waals surface area contributed by atoms with Crippen LogP contribution >= 0.6 is 0 Å². The summed E-state index contributed by atoms with van der Waals surface area (Å²) < 4.78 is 109. The number of hydrogen-bond acceptors (Lipinski definition) is 6. The molecule has 4 rings (SSSR count). The number of hydrogen-bond donors (Lipinski definition) is 3. The summed E-state index contributed by atoms with van der Waals surface area (Å²) in [5, 5.41) is 12.2. The smallest absolute Gasteiger partial charge is 0.347 e. The van der Waals surface area contributed by atoms with Crippen molar-refractivity contribution in [1.29, 1.82) is 0 Å². The fraction of sp³-hybridized carbons (Fsp3) is 0.577. The van der Waals surface area contributed by atoms with Crippen LogP contribution < -0.4 is 10.6 Å². The van der Waals surface area contributed by atoms with E-state index < -0.39 is 87.1 Å². The zero-order valence-electron chi connectivity index (χ0n) is 23.2. The summed E-state index contributed by atoms with van der Waals surface area (Å²) in [7, 11) is 0. The molecule has 0 bridgehead atoms. The van der Waals surface area contributed by atoms with E-state index in [4.69, 9.17) is 0 Å². The second-order valence-electron chi connectivity index (χ2n) is 10.5. The fourth-order valence-electron chi connectivity index (χ4n) is 4.95. The molecular weight excluding hydrogens is 610 g/mol. The number of nitrogens with zero attached hydrogens (tertiary/aromatic N) is 4. The van der Waals surface area contributed by atoms with Crippen molar-refractivity contribution in [3.05, 3.63) is 41.5 Å². The van der Waals surface area contributed by atoms with Gasteiger partial charge < -0.3 is 15.6 Å². The quantitative estimate of drug-likeness (QED) is 0.244. The number of fused-ring (bicyclic) bond motifs is 1. The first-order chi connectivity index (χ1) is 20.7. The maximum atomic E-state index is 14.0. The van der Waals surface area contributed by atoms with Crippen LogP contribution in [0.5, 0.6) is 0 Å². The molecular formula is C26H29F8N7O3. The molecule has 10 nitrogen and oxygen atoms in total. The first kappa shape index (κ1) is 33.1. The third kappa shape index (κ3) is 8.21. The Hall–Kier alpha value is -3.83. The van der Waals surface area contributed by atoms with E-state index in [-0.39, 0.29) is 24.4 Å². The molecule has 2 amide bonds. The molecule has 3 aromatic rings. The highest BCUT2D eigenvalue weighted by atomic mass is 19.4. The summed E-state index contributed by atoms with van der Waals surface area (Å²) in [6, 6.07) is 2.90. The van der Waals surface area contributed by atoms with Gasteiger partial charge in [0.05, 0.1) is 42.5 Å². The lowest BCUT2D eigenvalue weighted by Gasteiger charge is -2.33. The lowest BCUT2D eigenvalue weighted by Crippen LogP contribution is -2.39. The number of aromatic amines is 1. The molecule has 1 aromatic carbocycles. The van der Waals surface area contributed by atoms with Gasteiger partial charge >= 0.3 is 6.36 Å². The Morgan fingerprint density at radius 1 is 1.18 bits per heavy atom. The number of imidazole rings is 1. The van der Waals surface area contributed by atoms with E-state index >= 15 is 0 Å². The number of aromatic nitrogens is 5. The van der Waals surface area contributed by atoms with Gasteiger partial charge in [-0.1, -0.05) is 11.3 Å². The van der Waals surface area contributed by atoms with E-state index in [0.717, 1.165) is 10.9 Å². The molecule has 1 fully saturated rings. The molecule has 0 radical (unpaired) electrons. The molecule has 2 aromatic heterocycles. The van der Waals surface area contributed by atoms with Crippen LogP contribution in [0.1, 0.15) is 66.6 Å². The van der Waals surface area contributed by atoms with Crippen molar-refractivity contribution in [3.63, 3.8) is 0 Å². The first-order valence-electron chi connectivity index (χ1n) is 13.6. The average molecular weight is 640 g/mol. The van der Waals surface area contributed by atoms with Gasteiger partial charge in [0.25, 0.3) is 11.8 Å². The predicted octanol–water partition coefficient (Wildman–Crippen LogP) is 4.81. The molecule has 1 aliphatic carbocycles. The number of nitrogens with one attached hydrogen (secondary N) is 3. The highest BCUT2D eigenvalue weighted by Gasteiger charge is 2.40. The Labute approximate surface area is 244 Å². The van der Waals surface area contributed by atoms with Gasteiger partial charge in [-0.05, 0) is 43.4 Å². The molecule has 242 valence electrons. The van der Waals surface area contributed by atoms with Gasteiger partial charge in [-0.3, -0.25) is 14.3 Å². The Bertz CT molecular complexity index is 1440. The Kier molecular flexibility index (Phi) is 10.1. The number of alkyl halides is 8.